The fraction of sp³-hybridized carbons (Fsp3) is 0.381. The van der Waals surface area contributed by atoms with Gasteiger partial charge in [-0.3, -0.25) is 4.79 Å². The van der Waals surface area contributed by atoms with Crippen LogP contribution in [0.3, 0.4) is 0 Å². The number of carbonyl (C=O) groups is 1. The Morgan fingerprint density at radius 3 is 2.48 bits per heavy atom. The summed E-state index contributed by atoms with van der Waals surface area (Å²) in [6.07, 6.45) is -0.212. The molecule has 144 valence electrons. The van der Waals surface area contributed by atoms with Gasteiger partial charge in [0.1, 0.15) is 0 Å². The van der Waals surface area contributed by atoms with Crippen LogP contribution in [0.15, 0.2) is 48.5 Å². The number of nitrogens with one attached hydrogen (secondary N) is 1. The molecule has 1 aliphatic heterocycles. The lowest BCUT2D eigenvalue weighted by molar-refractivity contribution is -0.137. The van der Waals surface area contributed by atoms with Crippen LogP contribution >= 0.6 is 23.2 Å². The van der Waals surface area contributed by atoms with Gasteiger partial charge in [-0.25, -0.2) is 0 Å². The first-order valence-electron chi connectivity index (χ1n) is 8.93. The van der Waals surface area contributed by atoms with Gasteiger partial charge in [0.2, 0.25) is 5.91 Å². The van der Waals surface area contributed by atoms with Crippen LogP contribution in [-0.4, -0.2) is 28.8 Å². The molecule has 2 aromatic rings. The third kappa shape index (κ3) is 4.46. The number of aliphatic hydroxyl groups excluding tert-OH is 2. The van der Waals surface area contributed by atoms with Crippen molar-refractivity contribution in [2.75, 3.05) is 6.61 Å². The van der Waals surface area contributed by atoms with E-state index >= 15 is 0 Å². The highest BCUT2D eigenvalue weighted by Crippen LogP contribution is 2.47. The quantitative estimate of drug-likeness (QED) is 0.698. The highest BCUT2D eigenvalue weighted by molar-refractivity contribution is 6.30. The Bertz CT molecular complexity index is 811. The number of halogens is 2. The molecule has 0 aliphatic carbocycles. The Balaban J connectivity index is 2.00. The van der Waals surface area contributed by atoms with Crippen LogP contribution < -0.4 is 5.32 Å². The Kier molecular flexibility index (Phi) is 6.11. The summed E-state index contributed by atoms with van der Waals surface area (Å²) in [7, 11) is 0. The third-order valence-electron chi connectivity index (χ3n) is 5.31. The molecular formula is C21H23Cl2NO3. The number of rotatable bonds is 5. The number of benzene rings is 2. The van der Waals surface area contributed by atoms with E-state index in [0.717, 1.165) is 11.1 Å². The standard InChI is InChI=1S/C21H23Cl2NO3/c1-21(10-17(26)12-25)11-18(14-3-2-4-16(23)9-14)19(24-20(21)27)13-5-7-15(22)8-6-13/h2-9,17-19,25-26H,10-12H2,1H3,(H,24,27)/t17?,18-,19-,21+/m1/s1. The summed E-state index contributed by atoms with van der Waals surface area (Å²) in [4.78, 5) is 12.9. The maximum atomic E-state index is 12.9. The van der Waals surface area contributed by atoms with E-state index in [2.05, 4.69) is 5.32 Å². The van der Waals surface area contributed by atoms with Crippen LogP contribution in [0.1, 0.15) is 42.9 Å². The molecule has 1 fully saturated rings. The zero-order valence-corrected chi connectivity index (χ0v) is 16.5. The largest absolute Gasteiger partial charge is 0.394 e. The average molecular weight is 408 g/mol. The van der Waals surface area contributed by atoms with Gasteiger partial charge >= 0.3 is 0 Å². The molecule has 6 heteroatoms. The van der Waals surface area contributed by atoms with E-state index in [4.69, 9.17) is 23.2 Å². The van der Waals surface area contributed by atoms with Crippen molar-refractivity contribution in [3.63, 3.8) is 0 Å². The first-order chi connectivity index (χ1) is 12.8. The molecule has 3 rings (SSSR count). The van der Waals surface area contributed by atoms with Gasteiger partial charge in [0.15, 0.2) is 0 Å². The molecule has 4 atom stereocenters. The first kappa shape index (κ1) is 20.2. The van der Waals surface area contributed by atoms with E-state index in [0.29, 0.717) is 16.5 Å². The van der Waals surface area contributed by atoms with Gasteiger partial charge in [0.05, 0.1) is 18.8 Å². The minimum atomic E-state index is -0.937. The molecule has 1 saturated heterocycles. The number of carbonyl (C=O) groups excluding carboxylic acids is 1. The predicted octanol–water partition coefficient (Wildman–Crippen LogP) is 4.09. The lowest BCUT2D eigenvalue weighted by atomic mass is 9.68. The highest BCUT2D eigenvalue weighted by atomic mass is 35.5. The van der Waals surface area contributed by atoms with Gasteiger partial charge in [0, 0.05) is 21.4 Å². The Hall–Kier alpha value is -1.59. The maximum Gasteiger partial charge on any atom is 0.226 e. The number of aliphatic hydroxyl groups is 2. The van der Waals surface area contributed by atoms with Crippen LogP contribution in [0.5, 0.6) is 0 Å². The van der Waals surface area contributed by atoms with Gasteiger partial charge < -0.3 is 15.5 Å². The molecular weight excluding hydrogens is 385 g/mol. The molecule has 4 nitrogen and oxygen atoms in total. The van der Waals surface area contributed by atoms with Gasteiger partial charge in [0.25, 0.3) is 0 Å². The second-order valence-electron chi connectivity index (χ2n) is 7.47. The highest BCUT2D eigenvalue weighted by Gasteiger charge is 2.45. The minimum absolute atomic E-state index is 0.0292. The van der Waals surface area contributed by atoms with Crippen molar-refractivity contribution in [1.82, 2.24) is 5.32 Å². The molecule has 3 N–H and O–H groups in total. The fourth-order valence-corrected chi connectivity index (χ4v) is 4.23. The fourth-order valence-electron chi connectivity index (χ4n) is 3.91. The third-order valence-corrected chi connectivity index (χ3v) is 5.80. The molecule has 0 spiro atoms. The van der Waals surface area contributed by atoms with Crippen LogP contribution in [-0.2, 0) is 4.79 Å². The predicted molar refractivity (Wildman–Crippen MR) is 107 cm³/mol. The summed E-state index contributed by atoms with van der Waals surface area (Å²) in [6.45, 7) is 1.46. The SMILES string of the molecule is C[C@]1(CC(O)CO)C[C@H](c2cccc(Cl)c2)[C@@H](c2ccc(Cl)cc2)NC1=O. The van der Waals surface area contributed by atoms with Gasteiger partial charge in [-0.2, -0.15) is 0 Å². The second-order valence-corrected chi connectivity index (χ2v) is 8.34. The first-order valence-corrected chi connectivity index (χ1v) is 9.69. The van der Waals surface area contributed by atoms with Gasteiger partial charge in [-0.1, -0.05) is 54.4 Å². The van der Waals surface area contributed by atoms with E-state index < -0.39 is 11.5 Å². The summed E-state index contributed by atoms with van der Waals surface area (Å²) < 4.78 is 0. The van der Waals surface area contributed by atoms with Crippen LogP contribution in [0, 0.1) is 5.41 Å². The Morgan fingerprint density at radius 1 is 1.15 bits per heavy atom. The zero-order chi connectivity index (χ0) is 19.6. The molecule has 1 unspecified atom stereocenters. The van der Waals surface area contributed by atoms with Crippen molar-refractivity contribution in [1.29, 1.82) is 0 Å². The van der Waals surface area contributed by atoms with E-state index in [-0.39, 0.29) is 30.9 Å². The Labute approximate surface area is 169 Å². The van der Waals surface area contributed by atoms with Crippen molar-refractivity contribution < 1.29 is 15.0 Å². The Morgan fingerprint density at radius 2 is 1.85 bits per heavy atom. The summed E-state index contributed by atoms with van der Waals surface area (Å²) in [6, 6.07) is 14.8. The van der Waals surface area contributed by atoms with Crippen LogP contribution in [0.25, 0.3) is 0 Å². The van der Waals surface area contributed by atoms with Crippen molar-refractivity contribution >= 4 is 29.1 Å². The molecule has 1 amide bonds. The zero-order valence-electron chi connectivity index (χ0n) is 15.0. The molecule has 1 heterocycles. The average Bonchev–Trinajstić information content (AvgIpc) is 2.64. The normalized spacial score (nSPS) is 26.5. The summed E-state index contributed by atoms with van der Waals surface area (Å²) in [5, 5.41) is 23.6. The van der Waals surface area contributed by atoms with Gasteiger partial charge in [-0.15, -0.1) is 0 Å². The smallest absolute Gasteiger partial charge is 0.226 e. The molecule has 0 aromatic heterocycles. The lowest BCUT2D eigenvalue weighted by Gasteiger charge is -2.43. The number of hydrogen-bond donors (Lipinski definition) is 3. The van der Waals surface area contributed by atoms with Gasteiger partial charge in [-0.05, 0) is 48.2 Å². The molecule has 0 bridgehead atoms. The summed E-state index contributed by atoms with van der Waals surface area (Å²) in [5.74, 6) is -0.160. The maximum absolute atomic E-state index is 12.9. The van der Waals surface area contributed by atoms with E-state index in [1.165, 1.54) is 0 Å². The van der Waals surface area contributed by atoms with Crippen molar-refractivity contribution in [2.24, 2.45) is 5.41 Å². The summed E-state index contributed by atoms with van der Waals surface area (Å²) in [5.41, 5.74) is 1.19. The molecule has 1 aliphatic rings. The van der Waals surface area contributed by atoms with Crippen LogP contribution in [0.2, 0.25) is 10.0 Å². The lowest BCUT2D eigenvalue weighted by Crippen LogP contribution is -2.50. The summed E-state index contributed by atoms with van der Waals surface area (Å²) >= 11 is 12.2. The number of piperidine rings is 1. The minimum Gasteiger partial charge on any atom is -0.394 e. The van der Waals surface area contributed by atoms with Crippen molar-refractivity contribution in [3.05, 3.63) is 69.7 Å². The van der Waals surface area contributed by atoms with Crippen LogP contribution in [0.4, 0.5) is 0 Å². The van der Waals surface area contributed by atoms with E-state index in [1.807, 2.05) is 43.3 Å². The monoisotopic (exact) mass is 407 g/mol. The molecule has 2 aromatic carbocycles. The van der Waals surface area contributed by atoms with E-state index in [1.54, 1.807) is 12.1 Å². The number of hydrogen-bond acceptors (Lipinski definition) is 3. The topological polar surface area (TPSA) is 69.6 Å². The number of amides is 1. The molecule has 0 saturated carbocycles. The molecule has 27 heavy (non-hydrogen) atoms. The van der Waals surface area contributed by atoms with Crippen molar-refractivity contribution in [3.8, 4) is 0 Å². The molecule has 0 radical (unpaired) electrons. The second kappa shape index (κ2) is 8.19. The van der Waals surface area contributed by atoms with Crippen molar-refractivity contribution in [2.45, 2.75) is 37.8 Å². The van der Waals surface area contributed by atoms with E-state index in [9.17, 15) is 15.0 Å².